The Morgan fingerprint density at radius 1 is 1.27 bits per heavy atom. The van der Waals surface area contributed by atoms with Gasteiger partial charge < -0.3 is 11.1 Å². The Kier molecular flexibility index (Phi) is 4.15. The molecule has 0 bridgehead atoms. The number of hydrogen-bond acceptors (Lipinski definition) is 2. The van der Waals surface area contributed by atoms with E-state index in [1.165, 1.54) is 11.3 Å². The van der Waals surface area contributed by atoms with Crippen molar-refractivity contribution in [2.24, 2.45) is 5.73 Å². The summed E-state index contributed by atoms with van der Waals surface area (Å²) in [5.74, 6) is 0. The van der Waals surface area contributed by atoms with Crippen molar-refractivity contribution in [3.8, 4) is 0 Å². The fraction of sp³-hybridized carbons (Fsp3) is 0.538. The van der Waals surface area contributed by atoms with Crippen LogP contribution in [-0.2, 0) is 0 Å². The zero-order valence-corrected chi connectivity index (χ0v) is 10.0. The van der Waals surface area contributed by atoms with Crippen LogP contribution < -0.4 is 11.1 Å². The first kappa shape index (κ1) is 12.1. The molecule has 0 atom stereocenters. The highest BCUT2D eigenvalue weighted by molar-refractivity contribution is 5.47. The lowest BCUT2D eigenvalue weighted by molar-refractivity contribution is 0.445. The summed E-state index contributed by atoms with van der Waals surface area (Å²) in [5.41, 5.74) is 8.35. The highest BCUT2D eigenvalue weighted by Crippen LogP contribution is 2.21. The molecule has 0 saturated carbocycles. The van der Waals surface area contributed by atoms with Crippen LogP contribution >= 0.6 is 0 Å². The normalized spacial score (nSPS) is 11.5. The number of aryl methyl sites for hydroxylation is 1. The number of rotatable bonds is 5. The van der Waals surface area contributed by atoms with Gasteiger partial charge in [-0.2, -0.15) is 0 Å². The molecule has 0 aliphatic carbocycles. The van der Waals surface area contributed by atoms with Gasteiger partial charge in [0, 0.05) is 17.8 Å². The lowest BCUT2D eigenvalue weighted by atomic mass is 9.92. The zero-order valence-electron chi connectivity index (χ0n) is 10.0. The molecule has 0 aliphatic rings. The van der Waals surface area contributed by atoms with Crippen molar-refractivity contribution >= 4 is 5.69 Å². The van der Waals surface area contributed by atoms with Gasteiger partial charge in [0.2, 0.25) is 0 Å². The van der Waals surface area contributed by atoms with Crippen LogP contribution in [0.5, 0.6) is 0 Å². The Balaban J connectivity index is 2.82. The molecule has 1 aromatic carbocycles. The highest BCUT2D eigenvalue weighted by atomic mass is 15.0. The molecule has 0 amide bonds. The van der Waals surface area contributed by atoms with E-state index in [1.807, 2.05) is 0 Å². The molecule has 0 unspecified atom stereocenters. The first-order valence-electron chi connectivity index (χ1n) is 5.70. The summed E-state index contributed by atoms with van der Waals surface area (Å²) < 4.78 is 0. The maximum absolute atomic E-state index is 5.85. The molecule has 84 valence electrons. The van der Waals surface area contributed by atoms with Gasteiger partial charge in [-0.25, -0.2) is 0 Å². The zero-order chi connectivity index (χ0) is 11.3. The van der Waals surface area contributed by atoms with Crippen LogP contribution in [-0.4, -0.2) is 12.1 Å². The fourth-order valence-electron chi connectivity index (χ4n) is 1.80. The van der Waals surface area contributed by atoms with Gasteiger partial charge in [0.05, 0.1) is 0 Å². The van der Waals surface area contributed by atoms with Crippen molar-refractivity contribution in [3.05, 3.63) is 29.8 Å². The quantitative estimate of drug-likeness (QED) is 0.777. The van der Waals surface area contributed by atoms with Gasteiger partial charge in [0.1, 0.15) is 0 Å². The predicted molar refractivity (Wildman–Crippen MR) is 67.2 cm³/mol. The molecule has 0 heterocycles. The fourth-order valence-corrected chi connectivity index (χ4v) is 1.80. The summed E-state index contributed by atoms with van der Waals surface area (Å²) in [4.78, 5) is 0. The van der Waals surface area contributed by atoms with Gasteiger partial charge in [0.15, 0.2) is 0 Å². The van der Waals surface area contributed by atoms with E-state index >= 15 is 0 Å². The second-order valence-corrected chi connectivity index (χ2v) is 4.19. The monoisotopic (exact) mass is 206 g/mol. The van der Waals surface area contributed by atoms with E-state index in [0.29, 0.717) is 6.54 Å². The molecule has 1 rings (SSSR count). The molecule has 0 saturated heterocycles. The van der Waals surface area contributed by atoms with E-state index in [2.05, 4.69) is 50.4 Å². The van der Waals surface area contributed by atoms with Gasteiger partial charge in [-0.1, -0.05) is 26.0 Å². The van der Waals surface area contributed by atoms with E-state index in [1.54, 1.807) is 0 Å². The summed E-state index contributed by atoms with van der Waals surface area (Å²) in [6.45, 7) is 7.14. The number of nitrogens with one attached hydrogen (secondary N) is 1. The van der Waals surface area contributed by atoms with Crippen molar-refractivity contribution in [2.45, 2.75) is 39.2 Å². The van der Waals surface area contributed by atoms with Crippen LogP contribution in [0.1, 0.15) is 32.3 Å². The van der Waals surface area contributed by atoms with Crippen LogP contribution in [0.2, 0.25) is 0 Å². The van der Waals surface area contributed by atoms with Crippen molar-refractivity contribution < 1.29 is 0 Å². The summed E-state index contributed by atoms with van der Waals surface area (Å²) in [7, 11) is 0. The third kappa shape index (κ3) is 2.96. The third-order valence-electron chi connectivity index (χ3n) is 3.17. The molecule has 3 N–H and O–H groups in total. The van der Waals surface area contributed by atoms with Crippen molar-refractivity contribution in [1.29, 1.82) is 0 Å². The second kappa shape index (κ2) is 5.17. The Morgan fingerprint density at radius 3 is 2.40 bits per heavy atom. The molecule has 2 nitrogen and oxygen atoms in total. The van der Waals surface area contributed by atoms with Gasteiger partial charge in [-0.05, 0) is 37.5 Å². The van der Waals surface area contributed by atoms with E-state index in [-0.39, 0.29) is 5.54 Å². The smallest absolute Gasteiger partial charge is 0.0490 e. The Bertz CT molecular complexity index is 295. The summed E-state index contributed by atoms with van der Waals surface area (Å²) in [5, 5.41) is 3.56. The molecule has 0 aromatic heterocycles. The van der Waals surface area contributed by atoms with E-state index < -0.39 is 0 Å². The lowest BCUT2D eigenvalue weighted by Crippen LogP contribution is -2.44. The summed E-state index contributed by atoms with van der Waals surface area (Å²) >= 11 is 0. The molecule has 0 fully saturated rings. The van der Waals surface area contributed by atoms with Gasteiger partial charge in [-0.3, -0.25) is 0 Å². The van der Waals surface area contributed by atoms with Crippen molar-refractivity contribution in [2.75, 3.05) is 11.9 Å². The van der Waals surface area contributed by atoms with Gasteiger partial charge in [0.25, 0.3) is 0 Å². The van der Waals surface area contributed by atoms with Crippen LogP contribution in [0.25, 0.3) is 0 Å². The molecule has 0 aliphatic heterocycles. The molecule has 15 heavy (non-hydrogen) atoms. The van der Waals surface area contributed by atoms with Gasteiger partial charge in [-0.15, -0.1) is 0 Å². The topological polar surface area (TPSA) is 38.0 Å². The van der Waals surface area contributed by atoms with Crippen LogP contribution in [0.3, 0.4) is 0 Å². The molecule has 1 aromatic rings. The second-order valence-electron chi connectivity index (χ2n) is 4.19. The van der Waals surface area contributed by atoms with Crippen molar-refractivity contribution in [1.82, 2.24) is 0 Å². The van der Waals surface area contributed by atoms with Crippen LogP contribution in [0.4, 0.5) is 5.69 Å². The maximum Gasteiger partial charge on any atom is 0.0490 e. The first-order valence-corrected chi connectivity index (χ1v) is 5.70. The third-order valence-corrected chi connectivity index (χ3v) is 3.17. The standard InChI is InChI=1S/C13H22N2/c1-4-13(5-2,10-14)15-12-8-6-7-11(3)9-12/h6-9,15H,4-5,10,14H2,1-3H3. The number of hydrogen-bond donors (Lipinski definition) is 2. The van der Waals surface area contributed by atoms with Gasteiger partial charge >= 0.3 is 0 Å². The predicted octanol–water partition coefficient (Wildman–Crippen LogP) is 2.92. The average molecular weight is 206 g/mol. The minimum absolute atomic E-state index is 0.0494. The van der Waals surface area contributed by atoms with Crippen LogP contribution in [0, 0.1) is 6.92 Å². The lowest BCUT2D eigenvalue weighted by Gasteiger charge is -2.32. The summed E-state index contributed by atoms with van der Waals surface area (Å²) in [6, 6.07) is 8.44. The Labute approximate surface area is 92.9 Å². The number of anilines is 1. The van der Waals surface area contributed by atoms with Crippen molar-refractivity contribution in [3.63, 3.8) is 0 Å². The minimum atomic E-state index is 0.0494. The summed E-state index contributed by atoms with van der Waals surface area (Å²) in [6.07, 6.45) is 2.10. The number of benzene rings is 1. The first-order chi connectivity index (χ1) is 7.15. The molecular weight excluding hydrogens is 184 g/mol. The Morgan fingerprint density at radius 2 is 1.93 bits per heavy atom. The highest BCUT2D eigenvalue weighted by Gasteiger charge is 2.23. The largest absolute Gasteiger partial charge is 0.378 e. The van der Waals surface area contributed by atoms with E-state index in [9.17, 15) is 0 Å². The molecule has 0 spiro atoms. The molecule has 2 heteroatoms. The maximum atomic E-state index is 5.85. The van der Waals surface area contributed by atoms with E-state index in [0.717, 1.165) is 12.8 Å². The molecule has 0 radical (unpaired) electrons. The minimum Gasteiger partial charge on any atom is -0.378 e. The van der Waals surface area contributed by atoms with Crippen LogP contribution in [0.15, 0.2) is 24.3 Å². The number of nitrogens with two attached hydrogens (primary N) is 1. The SMILES string of the molecule is CCC(CC)(CN)Nc1cccc(C)c1. The average Bonchev–Trinajstić information content (AvgIpc) is 2.26. The Hall–Kier alpha value is -1.02. The molecular formula is C13H22N2. The van der Waals surface area contributed by atoms with E-state index in [4.69, 9.17) is 5.73 Å².